The van der Waals surface area contributed by atoms with Crippen LogP contribution in [0.15, 0.2) is 76.5 Å². The van der Waals surface area contributed by atoms with Crippen LogP contribution < -0.4 is 10.3 Å². The molecule has 0 unspecified atom stereocenters. The first-order valence-electron chi connectivity index (χ1n) is 9.78. The summed E-state index contributed by atoms with van der Waals surface area (Å²) in [5.41, 5.74) is 2.98. The van der Waals surface area contributed by atoms with E-state index in [2.05, 4.69) is 6.58 Å². The molecule has 2 aromatic heterocycles. The van der Waals surface area contributed by atoms with Crippen LogP contribution in [0, 0.1) is 12.7 Å². The minimum absolute atomic E-state index is 0.0840. The first kappa shape index (κ1) is 21.3. The van der Waals surface area contributed by atoms with E-state index in [1.54, 1.807) is 28.8 Å². The second kappa shape index (κ2) is 9.49. The van der Waals surface area contributed by atoms with Crippen LogP contribution in [0.5, 0.6) is 5.75 Å². The number of hydrogen-bond donors (Lipinski definition) is 0. The number of rotatable bonds is 8. The molecule has 4 rings (SSSR count). The Kier molecular flexibility index (Phi) is 6.53. The Morgan fingerprint density at radius 1 is 1.23 bits per heavy atom. The summed E-state index contributed by atoms with van der Waals surface area (Å²) in [6, 6.07) is 14.4. The fourth-order valence-corrected chi connectivity index (χ4v) is 5.01. The Morgan fingerprint density at radius 2 is 2.00 bits per heavy atom. The predicted molar refractivity (Wildman–Crippen MR) is 127 cm³/mol. The van der Waals surface area contributed by atoms with Gasteiger partial charge in [0.05, 0.1) is 12.0 Å². The Balaban J connectivity index is 1.61. The van der Waals surface area contributed by atoms with Crippen LogP contribution >= 0.6 is 23.1 Å². The SMILES string of the molecule is C=CCn1c(SCCOc2ccccc2F)nc2scc(-c3ccc(C)cc3)c2c1=O. The van der Waals surface area contributed by atoms with Gasteiger partial charge in [0.2, 0.25) is 0 Å². The number of hydrogen-bond acceptors (Lipinski definition) is 5. The molecule has 0 saturated heterocycles. The lowest BCUT2D eigenvalue weighted by molar-refractivity contribution is 0.325. The van der Waals surface area contributed by atoms with Crippen molar-refractivity contribution in [2.45, 2.75) is 18.6 Å². The van der Waals surface area contributed by atoms with E-state index in [1.807, 2.05) is 36.6 Å². The summed E-state index contributed by atoms with van der Waals surface area (Å²) < 4.78 is 20.8. The van der Waals surface area contributed by atoms with Crippen LogP contribution in [-0.2, 0) is 6.54 Å². The molecule has 0 atom stereocenters. The number of allylic oxidation sites excluding steroid dienone is 1. The van der Waals surface area contributed by atoms with Gasteiger partial charge >= 0.3 is 0 Å². The maximum absolute atomic E-state index is 13.7. The largest absolute Gasteiger partial charge is 0.490 e. The van der Waals surface area contributed by atoms with Gasteiger partial charge in [0, 0.05) is 23.2 Å². The number of nitrogens with zero attached hydrogens (tertiary/aromatic N) is 2. The second-order valence-corrected chi connectivity index (χ2v) is 8.84. The molecule has 4 aromatic rings. The fourth-order valence-electron chi connectivity index (χ4n) is 3.20. The number of halogens is 1. The zero-order valence-corrected chi connectivity index (χ0v) is 18.6. The third-order valence-corrected chi connectivity index (χ3v) is 6.55. The summed E-state index contributed by atoms with van der Waals surface area (Å²) in [6.07, 6.45) is 1.69. The molecule has 0 aliphatic rings. The molecule has 4 nitrogen and oxygen atoms in total. The first-order valence-corrected chi connectivity index (χ1v) is 11.6. The number of benzene rings is 2. The molecule has 0 aliphatic heterocycles. The summed E-state index contributed by atoms with van der Waals surface area (Å²) in [4.78, 5) is 18.8. The summed E-state index contributed by atoms with van der Waals surface area (Å²) in [5.74, 6) is 0.355. The van der Waals surface area contributed by atoms with E-state index in [0.717, 1.165) is 11.1 Å². The van der Waals surface area contributed by atoms with Crippen molar-refractivity contribution >= 4 is 33.3 Å². The smallest absolute Gasteiger partial charge is 0.263 e. The van der Waals surface area contributed by atoms with Crippen molar-refractivity contribution in [1.29, 1.82) is 0 Å². The van der Waals surface area contributed by atoms with Gasteiger partial charge in [-0.2, -0.15) is 0 Å². The predicted octanol–water partition coefficient (Wildman–Crippen LogP) is 5.93. The average Bonchev–Trinajstić information content (AvgIpc) is 3.19. The number of thioether (sulfide) groups is 1. The quantitative estimate of drug-likeness (QED) is 0.144. The zero-order chi connectivity index (χ0) is 21.8. The molecule has 2 heterocycles. The fraction of sp³-hybridized carbons (Fsp3) is 0.167. The summed E-state index contributed by atoms with van der Waals surface area (Å²) in [7, 11) is 0. The highest BCUT2D eigenvalue weighted by Crippen LogP contribution is 2.32. The number of aromatic nitrogens is 2. The molecule has 0 fully saturated rings. The number of aryl methyl sites for hydroxylation is 1. The molecule has 0 radical (unpaired) electrons. The van der Waals surface area contributed by atoms with Gasteiger partial charge in [0.1, 0.15) is 4.83 Å². The van der Waals surface area contributed by atoms with Crippen molar-refractivity contribution in [1.82, 2.24) is 9.55 Å². The van der Waals surface area contributed by atoms with Gasteiger partial charge in [0.25, 0.3) is 5.56 Å². The normalized spacial score (nSPS) is 11.0. The van der Waals surface area contributed by atoms with Crippen molar-refractivity contribution in [3.63, 3.8) is 0 Å². The number of ether oxygens (including phenoxy) is 1. The molecule has 0 amide bonds. The van der Waals surface area contributed by atoms with E-state index in [9.17, 15) is 9.18 Å². The lowest BCUT2D eigenvalue weighted by Gasteiger charge is -2.11. The summed E-state index contributed by atoms with van der Waals surface area (Å²) in [5, 5.41) is 3.21. The van der Waals surface area contributed by atoms with Crippen LogP contribution in [-0.4, -0.2) is 21.9 Å². The molecular weight excluding hydrogens is 431 g/mol. The van der Waals surface area contributed by atoms with Gasteiger partial charge in [-0.3, -0.25) is 9.36 Å². The van der Waals surface area contributed by atoms with Crippen LogP contribution in [0.25, 0.3) is 21.3 Å². The molecule has 31 heavy (non-hydrogen) atoms. The van der Waals surface area contributed by atoms with Crippen LogP contribution in [0.4, 0.5) is 4.39 Å². The first-order chi connectivity index (χ1) is 15.1. The number of fused-ring (bicyclic) bond motifs is 1. The van der Waals surface area contributed by atoms with Gasteiger partial charge < -0.3 is 4.74 Å². The van der Waals surface area contributed by atoms with Crippen LogP contribution in [0.3, 0.4) is 0 Å². The van der Waals surface area contributed by atoms with Crippen molar-refractivity contribution in [3.8, 4) is 16.9 Å². The van der Waals surface area contributed by atoms with E-state index in [4.69, 9.17) is 9.72 Å². The highest BCUT2D eigenvalue weighted by molar-refractivity contribution is 7.99. The molecule has 158 valence electrons. The molecule has 0 N–H and O–H groups in total. The zero-order valence-electron chi connectivity index (χ0n) is 17.0. The lowest BCUT2D eigenvalue weighted by Crippen LogP contribution is -2.23. The molecule has 0 spiro atoms. The van der Waals surface area contributed by atoms with Gasteiger partial charge in [-0.15, -0.1) is 17.9 Å². The van der Waals surface area contributed by atoms with Crippen molar-refractivity contribution in [3.05, 3.63) is 88.3 Å². The summed E-state index contributed by atoms with van der Waals surface area (Å²) in [6.45, 7) is 6.48. The molecule has 2 aromatic carbocycles. The highest BCUT2D eigenvalue weighted by atomic mass is 32.2. The average molecular weight is 453 g/mol. The van der Waals surface area contributed by atoms with Gasteiger partial charge in [-0.25, -0.2) is 9.37 Å². The van der Waals surface area contributed by atoms with Gasteiger partial charge in [0.15, 0.2) is 16.7 Å². The van der Waals surface area contributed by atoms with E-state index < -0.39 is 5.82 Å². The molecule has 0 aliphatic carbocycles. The second-order valence-electron chi connectivity index (χ2n) is 6.92. The Labute approximate surface area is 188 Å². The number of para-hydroxylation sites is 1. The van der Waals surface area contributed by atoms with E-state index in [1.165, 1.54) is 34.7 Å². The standard InChI is InChI=1S/C24H21FN2O2S2/c1-3-12-27-23(28)21-18(17-10-8-16(2)9-11-17)15-31-22(21)26-24(27)30-14-13-29-20-7-5-4-6-19(20)25/h3-11,15H,1,12-14H2,2H3. The highest BCUT2D eigenvalue weighted by Gasteiger charge is 2.17. The molecule has 0 bridgehead atoms. The van der Waals surface area contributed by atoms with Gasteiger partial charge in [-0.1, -0.05) is 59.8 Å². The third kappa shape index (κ3) is 4.57. The summed E-state index contributed by atoms with van der Waals surface area (Å²) >= 11 is 2.87. The Hall–Kier alpha value is -2.90. The van der Waals surface area contributed by atoms with Crippen molar-refractivity contribution in [2.24, 2.45) is 0 Å². The minimum atomic E-state index is -0.391. The Morgan fingerprint density at radius 3 is 2.74 bits per heavy atom. The molecule has 0 saturated carbocycles. The Bertz CT molecular complexity index is 1280. The van der Waals surface area contributed by atoms with E-state index in [-0.39, 0.29) is 11.3 Å². The topological polar surface area (TPSA) is 44.1 Å². The maximum atomic E-state index is 13.7. The van der Waals surface area contributed by atoms with E-state index in [0.29, 0.717) is 34.3 Å². The van der Waals surface area contributed by atoms with Crippen molar-refractivity contribution < 1.29 is 9.13 Å². The van der Waals surface area contributed by atoms with Crippen LogP contribution in [0.2, 0.25) is 0 Å². The third-order valence-electron chi connectivity index (χ3n) is 4.74. The molecular formula is C24H21FN2O2S2. The minimum Gasteiger partial charge on any atom is -0.490 e. The molecule has 7 heteroatoms. The van der Waals surface area contributed by atoms with E-state index >= 15 is 0 Å². The van der Waals surface area contributed by atoms with Gasteiger partial charge in [-0.05, 0) is 24.6 Å². The van der Waals surface area contributed by atoms with Crippen LogP contribution in [0.1, 0.15) is 5.56 Å². The lowest BCUT2D eigenvalue weighted by atomic mass is 10.1. The maximum Gasteiger partial charge on any atom is 0.263 e. The number of thiophene rings is 1. The monoisotopic (exact) mass is 452 g/mol. The van der Waals surface area contributed by atoms with Crippen molar-refractivity contribution in [2.75, 3.05) is 12.4 Å².